The Morgan fingerprint density at radius 1 is 1.03 bits per heavy atom. The molecule has 1 amide bonds. The molecule has 1 atom stereocenters. The fourth-order valence-electron chi connectivity index (χ4n) is 3.44. The largest absolute Gasteiger partial charge is 0.573 e. The van der Waals surface area contributed by atoms with E-state index < -0.39 is 18.2 Å². The van der Waals surface area contributed by atoms with Crippen LogP contribution in [0.15, 0.2) is 42.5 Å². The highest BCUT2D eigenvalue weighted by Gasteiger charge is 2.41. The predicted molar refractivity (Wildman–Crippen MR) is 104 cm³/mol. The molecule has 30 heavy (non-hydrogen) atoms. The van der Waals surface area contributed by atoms with E-state index in [4.69, 9.17) is 4.84 Å². The van der Waals surface area contributed by atoms with Gasteiger partial charge in [0, 0.05) is 6.92 Å². The second kappa shape index (κ2) is 7.66. The second-order valence-corrected chi connectivity index (χ2v) is 8.25. The monoisotopic (exact) mass is 421 g/mol. The Morgan fingerprint density at radius 2 is 1.63 bits per heavy atom. The number of ether oxygens (including phenoxy) is 1. The first-order valence-corrected chi connectivity index (χ1v) is 9.37. The van der Waals surface area contributed by atoms with Gasteiger partial charge < -0.3 is 9.57 Å². The molecular formula is C22H22F3NO4. The van der Waals surface area contributed by atoms with Crippen LogP contribution in [0.5, 0.6) is 5.75 Å². The third-order valence-electron chi connectivity index (χ3n) is 4.91. The average Bonchev–Trinajstić information content (AvgIpc) is 2.61. The summed E-state index contributed by atoms with van der Waals surface area (Å²) in [4.78, 5) is 29.6. The van der Waals surface area contributed by atoms with Crippen molar-refractivity contribution < 1.29 is 32.3 Å². The van der Waals surface area contributed by atoms with Gasteiger partial charge in [-0.25, -0.2) is 4.79 Å². The van der Waals surface area contributed by atoms with Gasteiger partial charge >= 0.3 is 12.3 Å². The highest BCUT2D eigenvalue weighted by atomic mass is 19.4. The summed E-state index contributed by atoms with van der Waals surface area (Å²) < 4.78 is 41.0. The second-order valence-electron chi connectivity index (χ2n) is 8.25. The lowest BCUT2D eigenvalue weighted by Crippen LogP contribution is -2.46. The van der Waals surface area contributed by atoms with Crippen molar-refractivity contribution in [1.82, 2.24) is 0 Å². The third-order valence-corrected chi connectivity index (χ3v) is 4.91. The minimum atomic E-state index is -4.75. The molecule has 0 bridgehead atoms. The van der Waals surface area contributed by atoms with E-state index >= 15 is 0 Å². The van der Waals surface area contributed by atoms with Crippen molar-refractivity contribution in [3.63, 3.8) is 0 Å². The first kappa shape index (κ1) is 21.7. The number of alkyl halides is 3. The van der Waals surface area contributed by atoms with Crippen molar-refractivity contribution >= 4 is 17.6 Å². The van der Waals surface area contributed by atoms with Crippen LogP contribution in [0, 0.1) is 11.3 Å². The van der Waals surface area contributed by atoms with E-state index in [2.05, 4.69) is 4.74 Å². The molecule has 0 N–H and O–H groups in total. The number of carbonyl (C=O) groups is 2. The zero-order chi connectivity index (χ0) is 22.3. The molecule has 0 fully saturated rings. The highest BCUT2D eigenvalue weighted by Crippen LogP contribution is 2.40. The van der Waals surface area contributed by atoms with E-state index in [1.165, 1.54) is 31.2 Å². The lowest BCUT2D eigenvalue weighted by Gasteiger charge is -2.38. The molecule has 2 aromatic carbocycles. The predicted octanol–water partition coefficient (Wildman–Crippen LogP) is 5.28. The summed E-state index contributed by atoms with van der Waals surface area (Å²) in [6, 6.07) is 10.8. The SMILES string of the molecule is CC(=O)ON1C(=O)C(C(C)(C)C)Cc2cc(-c3ccc(OC(F)(F)F)cc3)ccc21. The quantitative estimate of drug-likeness (QED) is 0.677. The van der Waals surface area contributed by atoms with Gasteiger partial charge in [-0.2, -0.15) is 0 Å². The minimum Gasteiger partial charge on any atom is -0.406 e. The van der Waals surface area contributed by atoms with Crippen LogP contribution in [0.4, 0.5) is 18.9 Å². The summed E-state index contributed by atoms with van der Waals surface area (Å²) in [6.45, 7) is 7.05. The summed E-state index contributed by atoms with van der Waals surface area (Å²) >= 11 is 0. The summed E-state index contributed by atoms with van der Waals surface area (Å²) in [5.41, 5.74) is 2.38. The number of nitrogens with zero attached hydrogens (tertiary/aromatic N) is 1. The molecule has 2 aromatic rings. The van der Waals surface area contributed by atoms with Crippen LogP contribution in [0.3, 0.4) is 0 Å². The van der Waals surface area contributed by atoms with E-state index in [0.29, 0.717) is 17.7 Å². The Hall–Kier alpha value is -3.03. The lowest BCUT2D eigenvalue weighted by atomic mass is 9.74. The zero-order valence-corrected chi connectivity index (χ0v) is 17.0. The van der Waals surface area contributed by atoms with Crippen LogP contribution >= 0.6 is 0 Å². The number of carbonyl (C=O) groups excluding carboxylic acids is 2. The number of anilines is 1. The summed E-state index contributed by atoms with van der Waals surface area (Å²) in [7, 11) is 0. The maximum atomic E-state index is 12.9. The van der Waals surface area contributed by atoms with Crippen LogP contribution < -0.4 is 9.80 Å². The summed E-state index contributed by atoms with van der Waals surface area (Å²) in [6.07, 6.45) is -4.29. The molecule has 1 unspecified atom stereocenters. The zero-order valence-electron chi connectivity index (χ0n) is 17.0. The Bertz CT molecular complexity index is 962. The van der Waals surface area contributed by atoms with Gasteiger partial charge in [-0.3, -0.25) is 4.79 Å². The molecule has 0 saturated heterocycles. The van der Waals surface area contributed by atoms with Crippen molar-refractivity contribution in [3.05, 3.63) is 48.0 Å². The maximum Gasteiger partial charge on any atom is 0.573 e. The Morgan fingerprint density at radius 3 is 2.17 bits per heavy atom. The van der Waals surface area contributed by atoms with Crippen LogP contribution in [0.25, 0.3) is 11.1 Å². The standard InChI is InChI=1S/C22H22F3NO4/c1-13(27)30-26-19-10-7-15(11-16(19)12-18(20(26)28)21(2,3)4)14-5-8-17(9-6-14)29-22(23,24)25/h5-11,18H,12H2,1-4H3. The normalized spacial score (nSPS) is 16.8. The van der Waals surface area contributed by atoms with Crippen LogP contribution in [0.1, 0.15) is 33.3 Å². The van der Waals surface area contributed by atoms with Crippen molar-refractivity contribution in [2.45, 2.75) is 40.5 Å². The number of rotatable bonds is 3. The van der Waals surface area contributed by atoms with Gasteiger partial charge in [0.05, 0.1) is 11.6 Å². The van der Waals surface area contributed by atoms with Gasteiger partial charge in [0.1, 0.15) is 5.75 Å². The molecule has 3 rings (SSSR count). The number of halogens is 3. The molecule has 1 aliphatic heterocycles. The van der Waals surface area contributed by atoms with Crippen molar-refractivity contribution in [2.24, 2.45) is 11.3 Å². The Balaban J connectivity index is 1.97. The number of amides is 1. The first-order chi connectivity index (χ1) is 13.8. The van der Waals surface area contributed by atoms with Crippen molar-refractivity contribution in [3.8, 4) is 16.9 Å². The van der Waals surface area contributed by atoms with Crippen LogP contribution in [-0.2, 0) is 20.8 Å². The fourth-order valence-corrected chi connectivity index (χ4v) is 3.44. The van der Waals surface area contributed by atoms with Gasteiger partial charge in [-0.1, -0.05) is 39.0 Å². The van der Waals surface area contributed by atoms with Gasteiger partial charge in [-0.05, 0) is 52.8 Å². The number of hydroxylamine groups is 1. The molecule has 0 aromatic heterocycles. The molecule has 1 aliphatic rings. The molecule has 1 heterocycles. The minimum absolute atomic E-state index is 0.286. The molecule has 0 saturated carbocycles. The van der Waals surface area contributed by atoms with E-state index in [-0.39, 0.29) is 17.1 Å². The number of benzene rings is 2. The highest BCUT2D eigenvalue weighted by molar-refractivity contribution is 5.98. The van der Waals surface area contributed by atoms with Gasteiger partial charge in [0.25, 0.3) is 5.91 Å². The molecule has 5 nitrogen and oxygen atoms in total. The third kappa shape index (κ3) is 4.75. The smallest absolute Gasteiger partial charge is 0.406 e. The summed E-state index contributed by atoms with van der Waals surface area (Å²) in [5, 5.41) is 1.04. The van der Waals surface area contributed by atoms with Gasteiger partial charge in [-0.15, -0.1) is 18.2 Å². The van der Waals surface area contributed by atoms with E-state index in [1.807, 2.05) is 26.8 Å². The van der Waals surface area contributed by atoms with E-state index in [0.717, 1.165) is 16.2 Å². The van der Waals surface area contributed by atoms with Crippen LogP contribution in [-0.4, -0.2) is 18.2 Å². The van der Waals surface area contributed by atoms with Gasteiger partial charge in [0.2, 0.25) is 0 Å². The topological polar surface area (TPSA) is 55.8 Å². The van der Waals surface area contributed by atoms with E-state index in [1.54, 1.807) is 12.1 Å². The first-order valence-electron chi connectivity index (χ1n) is 9.37. The molecule has 0 radical (unpaired) electrons. The summed E-state index contributed by atoms with van der Waals surface area (Å²) in [5.74, 6) is -1.59. The Labute approximate surface area is 172 Å². The molecular weight excluding hydrogens is 399 g/mol. The van der Waals surface area contributed by atoms with Crippen molar-refractivity contribution in [1.29, 1.82) is 0 Å². The van der Waals surface area contributed by atoms with E-state index in [9.17, 15) is 22.8 Å². The number of fused-ring (bicyclic) bond motifs is 1. The van der Waals surface area contributed by atoms with Crippen molar-refractivity contribution in [2.75, 3.05) is 5.06 Å². The van der Waals surface area contributed by atoms with Gasteiger partial charge in [0.15, 0.2) is 0 Å². The molecule has 160 valence electrons. The molecule has 8 heteroatoms. The maximum absolute atomic E-state index is 12.9. The lowest BCUT2D eigenvalue weighted by molar-refractivity contribution is -0.274. The fraction of sp³-hybridized carbons (Fsp3) is 0.364. The number of hydrogen-bond donors (Lipinski definition) is 0. The Kier molecular flexibility index (Phi) is 5.54. The molecule has 0 aliphatic carbocycles. The molecule has 0 spiro atoms. The number of hydrogen-bond acceptors (Lipinski definition) is 4. The van der Waals surface area contributed by atoms with Crippen LogP contribution in [0.2, 0.25) is 0 Å². The average molecular weight is 421 g/mol.